The second-order valence-electron chi connectivity index (χ2n) is 40.1. The van der Waals surface area contributed by atoms with Crippen molar-refractivity contribution in [2.75, 3.05) is 0 Å². The molecule has 9 nitrogen and oxygen atoms in total. The molecule has 0 unspecified atom stereocenters. The van der Waals surface area contributed by atoms with Crippen LogP contribution in [0, 0.1) is 64.5 Å². The number of aliphatic hydroxyl groups is 3. The van der Waals surface area contributed by atoms with E-state index in [0.717, 1.165) is 114 Å². The molecule has 15 rings (SSSR count). The Hall–Kier alpha value is -9.99. The molecule has 3 radical (unpaired) electrons. The third kappa shape index (κ3) is 25.6. The Morgan fingerprint density at radius 1 is 0.299 bits per heavy atom. The van der Waals surface area contributed by atoms with E-state index in [4.69, 9.17) is 15.0 Å². The fraction of sp³-hybridized carbons (Fsp3) is 0.361. The number of aliphatic hydroxyl groups excluding tert-OH is 3. The van der Waals surface area contributed by atoms with Crippen molar-refractivity contribution in [3.63, 3.8) is 0 Å². The molecule has 0 bridgehead atoms. The first-order chi connectivity index (χ1) is 62.0. The third-order valence-corrected chi connectivity index (χ3v) is 28.8. The van der Waals surface area contributed by atoms with Crippen molar-refractivity contribution in [3.8, 4) is 33.8 Å². The molecule has 0 spiro atoms. The number of carbonyl (C=O) groups excluding carboxylic acids is 3. The average molecular weight is 2320 g/mol. The van der Waals surface area contributed by atoms with Crippen LogP contribution in [0.15, 0.2) is 266 Å². The summed E-state index contributed by atoms with van der Waals surface area (Å²) in [5.41, 5.74) is 9.66. The Morgan fingerprint density at radius 3 is 1.18 bits per heavy atom. The van der Waals surface area contributed by atoms with E-state index < -0.39 is 0 Å². The molecule has 3 aromatic heterocycles. The minimum atomic E-state index is -0.377. The number of ketones is 3. The summed E-state index contributed by atoms with van der Waals surface area (Å²) in [5.74, 6) is 0.767. The monoisotopic (exact) mass is 2320 g/mol. The molecule has 0 aliphatic carbocycles. The van der Waals surface area contributed by atoms with E-state index in [0.29, 0.717) is 0 Å². The molecule has 12 heteroatoms. The van der Waals surface area contributed by atoms with Crippen molar-refractivity contribution in [3.05, 3.63) is 307 Å². The maximum atomic E-state index is 12.2. The van der Waals surface area contributed by atoms with Crippen molar-refractivity contribution in [1.82, 2.24) is 15.0 Å². The second-order valence-corrected chi connectivity index (χ2v) is 40.1. The van der Waals surface area contributed by atoms with Gasteiger partial charge in [-0.15, -0.1) is 87.9 Å². The molecule has 0 fully saturated rings. The number of aromatic nitrogens is 3. The Kier molecular flexibility index (Phi) is 39.1. The number of aryl methyl sites for hydroxylation is 2. The van der Waals surface area contributed by atoms with Gasteiger partial charge in [0.05, 0.1) is 0 Å². The van der Waals surface area contributed by atoms with Crippen LogP contribution in [0.1, 0.15) is 253 Å². The number of carbonyl (C=O) groups is 3. The topological polar surface area (TPSA) is 151 Å². The maximum absolute atomic E-state index is 12.2. The first-order valence-electron chi connectivity index (χ1n) is 47.5. The van der Waals surface area contributed by atoms with E-state index in [1.165, 1.54) is 121 Å². The Bertz CT molecular complexity index is 6660. The van der Waals surface area contributed by atoms with Gasteiger partial charge in [0.25, 0.3) is 0 Å². The van der Waals surface area contributed by atoms with Crippen LogP contribution in [-0.4, -0.2) is 47.6 Å². The van der Waals surface area contributed by atoms with Crippen LogP contribution in [0.4, 0.5) is 0 Å². The number of rotatable bonds is 22. The summed E-state index contributed by atoms with van der Waals surface area (Å²) in [4.78, 5) is 50.5. The van der Waals surface area contributed by atoms with Crippen LogP contribution >= 0.6 is 0 Å². The van der Waals surface area contributed by atoms with Crippen molar-refractivity contribution in [1.29, 1.82) is 0 Å². The van der Waals surface area contributed by atoms with Gasteiger partial charge in [-0.1, -0.05) is 363 Å². The van der Waals surface area contributed by atoms with Gasteiger partial charge in [0, 0.05) is 147 Å². The molecule has 15 aromatic rings. The minimum Gasteiger partial charge on any atom is -0.512 e. The number of pyridine rings is 3. The molecule has 0 atom stereocenters. The zero-order chi connectivity index (χ0) is 95.9. The molecule has 711 valence electrons. The summed E-state index contributed by atoms with van der Waals surface area (Å²) in [6.07, 6.45) is 18.2. The normalized spacial score (nSPS) is 12.4. The first-order valence-corrected chi connectivity index (χ1v) is 47.5. The molecule has 3 heterocycles. The third-order valence-electron chi connectivity index (χ3n) is 28.8. The standard InChI is InChI=1S/2C28H24N.C23H14N.2C15H28O2.C13H24O2.3Ir/c1-18-15-21(16-19-7-5-6-8-23(18)19)27-26-11-9-20-17-22(28(2,3)4)10-12-24(20)25(26)13-14-29-27;1-18-9-11-22-20(15-18)10-12-25-24(22)13-14-29-27(25)21-16-19-7-5-6-8-23(19)26(17-21)28(2,3)4;1-2-7-19-15-20(12-9-16(19)5-1)23-22-18(13-14-24-23)11-10-17-6-3-4-8-21(17)22;2*1-7-14(5,8-2)12(16)11-13(17)15(6,9-3)10-4;1-7-12(3,4)10(14)9-11(15)13(5,6)8-2;;;/h2*5-15,17H,1-4H3;1-14H;2*11,16H,7-10H2,1-6H3;9,14H,7-8H2,1-6H3;;;/q3*-1;;;;;;. The van der Waals surface area contributed by atoms with Gasteiger partial charge in [0.1, 0.15) is 17.3 Å². The fourth-order valence-electron chi connectivity index (χ4n) is 16.2. The van der Waals surface area contributed by atoms with Gasteiger partial charge in [0.15, 0.2) is 17.3 Å². The zero-order valence-corrected chi connectivity index (χ0v) is 91.3. The van der Waals surface area contributed by atoms with E-state index in [1.807, 2.05) is 143 Å². The van der Waals surface area contributed by atoms with Gasteiger partial charge in [-0.25, -0.2) is 0 Å². The fourth-order valence-corrected chi connectivity index (χ4v) is 16.2. The molecule has 134 heavy (non-hydrogen) atoms. The predicted molar refractivity (Wildman–Crippen MR) is 560 cm³/mol. The van der Waals surface area contributed by atoms with Crippen LogP contribution in [-0.2, 0) is 85.5 Å². The summed E-state index contributed by atoms with van der Waals surface area (Å²) in [5, 5.41) is 52.0. The summed E-state index contributed by atoms with van der Waals surface area (Å²) >= 11 is 0. The first kappa shape index (κ1) is 111. The number of allylic oxidation sites excluding steroid dienone is 6. The number of benzene rings is 12. The van der Waals surface area contributed by atoms with Gasteiger partial charge < -0.3 is 15.3 Å². The second kappa shape index (κ2) is 47.2. The molecule has 0 aliphatic heterocycles. The van der Waals surface area contributed by atoms with Crippen molar-refractivity contribution >= 4 is 114 Å². The van der Waals surface area contributed by atoms with Crippen LogP contribution < -0.4 is 0 Å². The summed E-state index contributed by atoms with van der Waals surface area (Å²) in [6, 6.07) is 86.3. The van der Waals surface area contributed by atoms with Crippen LogP contribution in [0.3, 0.4) is 0 Å². The molecule has 3 N–H and O–H groups in total. The predicted octanol–water partition coefficient (Wildman–Crippen LogP) is 34.4. The van der Waals surface area contributed by atoms with Gasteiger partial charge in [-0.05, 0) is 170 Å². The molecule has 0 aliphatic rings. The number of nitrogens with zero attached hydrogens (tertiary/aromatic N) is 3. The molecule has 12 aromatic carbocycles. The number of hydrogen-bond acceptors (Lipinski definition) is 9. The number of hydrogen-bond donors (Lipinski definition) is 3. The van der Waals surface area contributed by atoms with Crippen molar-refractivity contribution in [2.45, 2.75) is 255 Å². The molecular weight excluding hydrogens is 2180 g/mol. The van der Waals surface area contributed by atoms with Gasteiger partial charge >= 0.3 is 0 Å². The van der Waals surface area contributed by atoms with Gasteiger partial charge in [-0.2, -0.15) is 0 Å². The summed E-state index contributed by atoms with van der Waals surface area (Å²) in [6.45, 7) is 53.7. The van der Waals surface area contributed by atoms with Gasteiger partial charge in [0.2, 0.25) is 0 Å². The van der Waals surface area contributed by atoms with Gasteiger partial charge in [-0.3, -0.25) is 29.3 Å². The Balaban J connectivity index is 0.000000223. The van der Waals surface area contributed by atoms with Crippen LogP contribution in [0.25, 0.3) is 131 Å². The van der Waals surface area contributed by atoms with E-state index >= 15 is 0 Å². The van der Waals surface area contributed by atoms with Crippen molar-refractivity contribution < 1.29 is 90.0 Å². The van der Waals surface area contributed by atoms with E-state index in [2.05, 4.69) is 286 Å². The molecule has 0 amide bonds. The van der Waals surface area contributed by atoms with Crippen LogP contribution in [0.5, 0.6) is 0 Å². The average Bonchev–Trinajstić information content (AvgIpc) is 0.837. The van der Waals surface area contributed by atoms with E-state index in [9.17, 15) is 29.7 Å². The van der Waals surface area contributed by atoms with E-state index in [-0.39, 0.29) is 138 Å². The summed E-state index contributed by atoms with van der Waals surface area (Å²) < 4.78 is 0. The van der Waals surface area contributed by atoms with Crippen LogP contribution in [0.2, 0.25) is 0 Å². The SMILES string of the molecule is CCC(C)(C)C(=O)C=C(O)C(C)(C)CC.CCC(C)(CC)C(=O)C=C(O)C(C)(CC)CC.CCC(C)(CC)C(=O)C=C(O)C(C)(CC)CC.Cc1cc(-c2nccc3c2ccc2cc(C(C)(C)C)ccc23)[c-]c2ccccc12.Cc1ccc2c(ccc3c(-c4[c-]c5ccccc5c(C(C)(C)C)c4)nccc32)c1.[Ir].[Ir].[Ir].[c-]1c(-c2nccc3ccc4ccccc4c23)ccc2ccccc12. The maximum Gasteiger partial charge on any atom is 0.164 e. The zero-order valence-electron chi connectivity index (χ0n) is 84.2. The quantitative estimate of drug-likeness (QED) is 0.0261. The van der Waals surface area contributed by atoms with E-state index in [1.54, 1.807) is 0 Å². The minimum absolute atomic E-state index is 0. The number of fused-ring (bicyclic) bond motifs is 12. The molecule has 0 saturated heterocycles. The largest absolute Gasteiger partial charge is 0.512 e. The Morgan fingerprint density at radius 2 is 0.687 bits per heavy atom. The Labute approximate surface area is 840 Å². The molecule has 0 saturated carbocycles. The molecular formula is C122H142Ir3N3O6-3. The smallest absolute Gasteiger partial charge is 0.164 e. The van der Waals surface area contributed by atoms with Crippen molar-refractivity contribution in [2.24, 2.45) is 32.5 Å². The summed E-state index contributed by atoms with van der Waals surface area (Å²) in [7, 11) is 0.